The fraction of sp³-hybridized carbons (Fsp3) is 0.667. The maximum atomic E-state index is 12.8. The van der Waals surface area contributed by atoms with Crippen LogP contribution >= 0.6 is 0 Å². The number of esters is 2. The van der Waals surface area contributed by atoms with Gasteiger partial charge in [0, 0.05) is 12.4 Å². The SMILES string of the molecule is CC(C=NC(C(=O)OCCCCCCCCCCCCOC(=O)C(N=CC(C)Cc1ccc(C(C)C)cc1)C(C)C)C(C)C)Cc1ccc(C(C)C)cc1. The van der Waals surface area contributed by atoms with Crippen LogP contribution < -0.4 is 0 Å². The van der Waals surface area contributed by atoms with E-state index in [1.165, 1.54) is 60.8 Å². The van der Waals surface area contributed by atoms with Crippen molar-refractivity contribution in [2.45, 2.75) is 170 Å². The second kappa shape index (κ2) is 26.5. The van der Waals surface area contributed by atoms with Gasteiger partial charge in [-0.05, 0) is 83.4 Å². The number of nitrogens with zero attached hydrogens (tertiary/aromatic N) is 2. The Hall–Kier alpha value is -3.28. The van der Waals surface area contributed by atoms with Crippen LogP contribution in [-0.4, -0.2) is 49.7 Å². The Balaban J connectivity index is 1.51. The van der Waals surface area contributed by atoms with E-state index in [4.69, 9.17) is 9.47 Å². The summed E-state index contributed by atoms with van der Waals surface area (Å²) in [4.78, 5) is 34.9. The number of hydrogen-bond acceptors (Lipinski definition) is 6. The first-order valence-electron chi connectivity index (χ1n) is 21.4. The average molecular weight is 745 g/mol. The van der Waals surface area contributed by atoms with Gasteiger partial charge in [0.15, 0.2) is 0 Å². The molecule has 4 unspecified atom stereocenters. The summed E-state index contributed by atoms with van der Waals surface area (Å²) in [6, 6.07) is 16.7. The Kier molecular flexibility index (Phi) is 23.0. The molecule has 0 bridgehead atoms. The van der Waals surface area contributed by atoms with Crippen molar-refractivity contribution in [2.24, 2.45) is 33.7 Å². The molecule has 302 valence electrons. The molecule has 0 spiro atoms. The van der Waals surface area contributed by atoms with Crippen LogP contribution in [0.15, 0.2) is 58.5 Å². The fourth-order valence-corrected chi connectivity index (χ4v) is 6.55. The third kappa shape index (κ3) is 19.4. The lowest BCUT2D eigenvalue weighted by Gasteiger charge is -2.16. The van der Waals surface area contributed by atoms with Gasteiger partial charge in [0.2, 0.25) is 0 Å². The van der Waals surface area contributed by atoms with Crippen molar-refractivity contribution in [3.8, 4) is 0 Å². The van der Waals surface area contributed by atoms with E-state index < -0.39 is 12.1 Å². The van der Waals surface area contributed by atoms with Gasteiger partial charge in [0.1, 0.15) is 12.1 Å². The van der Waals surface area contributed by atoms with Crippen molar-refractivity contribution in [3.05, 3.63) is 70.8 Å². The van der Waals surface area contributed by atoms with Crippen LogP contribution in [0.3, 0.4) is 0 Å². The minimum Gasteiger partial charge on any atom is -0.464 e. The van der Waals surface area contributed by atoms with Crippen LogP contribution in [0.4, 0.5) is 0 Å². The van der Waals surface area contributed by atoms with Gasteiger partial charge in [-0.3, -0.25) is 9.98 Å². The normalized spacial score (nSPS) is 14.4. The van der Waals surface area contributed by atoms with E-state index in [-0.39, 0.29) is 35.6 Å². The smallest absolute Gasteiger partial charge is 0.331 e. The van der Waals surface area contributed by atoms with E-state index >= 15 is 0 Å². The van der Waals surface area contributed by atoms with Crippen molar-refractivity contribution < 1.29 is 19.1 Å². The number of unbranched alkanes of at least 4 members (excludes halogenated alkanes) is 9. The molecule has 0 N–H and O–H groups in total. The molecule has 0 heterocycles. The molecule has 0 aliphatic rings. The molecule has 0 saturated heterocycles. The van der Waals surface area contributed by atoms with Crippen LogP contribution in [0, 0.1) is 23.7 Å². The number of carbonyl (C=O) groups is 2. The van der Waals surface area contributed by atoms with Crippen LogP contribution in [-0.2, 0) is 31.9 Å². The minimum atomic E-state index is -0.447. The highest BCUT2D eigenvalue weighted by Gasteiger charge is 2.23. The molecule has 0 aromatic heterocycles. The maximum absolute atomic E-state index is 12.8. The lowest BCUT2D eigenvalue weighted by molar-refractivity contribution is -0.147. The highest BCUT2D eigenvalue weighted by molar-refractivity contribution is 5.79. The zero-order chi connectivity index (χ0) is 39.9. The number of aliphatic imine (C=N–C) groups is 2. The predicted octanol–water partition coefficient (Wildman–Crippen LogP) is 12.2. The number of ether oxygens (including phenoxy) is 2. The van der Waals surface area contributed by atoms with Gasteiger partial charge in [-0.15, -0.1) is 0 Å². The van der Waals surface area contributed by atoms with Gasteiger partial charge in [0.25, 0.3) is 0 Å². The molecule has 2 aromatic carbocycles. The maximum Gasteiger partial charge on any atom is 0.331 e. The van der Waals surface area contributed by atoms with Crippen molar-refractivity contribution in [3.63, 3.8) is 0 Å². The summed E-state index contributed by atoms with van der Waals surface area (Å²) >= 11 is 0. The van der Waals surface area contributed by atoms with Gasteiger partial charge in [0.05, 0.1) is 13.2 Å². The Morgan fingerprint density at radius 1 is 0.481 bits per heavy atom. The summed E-state index contributed by atoms with van der Waals surface area (Å²) in [6.07, 6.45) is 16.9. The summed E-state index contributed by atoms with van der Waals surface area (Å²) in [5.74, 6) is 1.35. The lowest BCUT2D eigenvalue weighted by Crippen LogP contribution is -2.27. The third-order valence-electron chi connectivity index (χ3n) is 10.2. The van der Waals surface area contributed by atoms with Crippen LogP contribution in [0.25, 0.3) is 0 Å². The summed E-state index contributed by atoms with van der Waals surface area (Å²) < 4.78 is 11.3. The summed E-state index contributed by atoms with van der Waals surface area (Å²) in [5, 5.41) is 0. The van der Waals surface area contributed by atoms with Crippen molar-refractivity contribution in [2.75, 3.05) is 13.2 Å². The van der Waals surface area contributed by atoms with E-state index in [0.29, 0.717) is 25.0 Å². The summed E-state index contributed by atoms with van der Waals surface area (Å²) in [7, 11) is 0. The molecule has 0 fully saturated rings. The second-order valence-corrected chi connectivity index (χ2v) is 17.0. The van der Waals surface area contributed by atoms with Gasteiger partial charge >= 0.3 is 11.9 Å². The Morgan fingerprint density at radius 2 is 0.778 bits per heavy atom. The number of benzene rings is 2. The van der Waals surface area contributed by atoms with E-state index in [2.05, 4.69) is 100 Å². The molecule has 6 heteroatoms. The number of carbonyl (C=O) groups excluding carboxylic acids is 2. The second-order valence-electron chi connectivity index (χ2n) is 17.0. The first kappa shape index (κ1) is 46.9. The molecule has 0 radical (unpaired) electrons. The van der Waals surface area contributed by atoms with Crippen molar-refractivity contribution >= 4 is 24.4 Å². The molecule has 0 amide bonds. The standard InChI is InChI=1S/C48H76N2O4/c1-35(2)43-25-21-41(22-26-43)31-39(9)33-49-45(37(5)6)47(51)53-29-19-17-15-13-11-12-14-16-18-20-30-54-48(52)46(38(7)8)50-34-40(10)32-42-23-27-44(28-24-42)36(3)4/h21-28,33-40,45-46H,11-20,29-32H2,1-10H3. The molecule has 4 atom stereocenters. The van der Waals surface area contributed by atoms with Crippen molar-refractivity contribution in [1.82, 2.24) is 0 Å². The van der Waals surface area contributed by atoms with Gasteiger partial charge in [-0.1, -0.05) is 169 Å². The molecule has 0 saturated carbocycles. The topological polar surface area (TPSA) is 77.3 Å². The quantitative estimate of drug-likeness (QED) is 0.0518. The molecule has 0 aliphatic heterocycles. The summed E-state index contributed by atoms with van der Waals surface area (Å²) in [5.41, 5.74) is 5.29. The van der Waals surface area contributed by atoms with E-state index in [9.17, 15) is 9.59 Å². The molecule has 0 aliphatic carbocycles. The van der Waals surface area contributed by atoms with Gasteiger partial charge in [-0.25, -0.2) is 9.59 Å². The highest BCUT2D eigenvalue weighted by atomic mass is 16.5. The Labute approximate surface area is 330 Å². The molecular weight excluding hydrogens is 669 g/mol. The first-order chi connectivity index (χ1) is 25.8. The van der Waals surface area contributed by atoms with Crippen molar-refractivity contribution in [1.29, 1.82) is 0 Å². The average Bonchev–Trinajstić information content (AvgIpc) is 3.12. The van der Waals surface area contributed by atoms with E-state index in [1.54, 1.807) is 0 Å². The zero-order valence-corrected chi connectivity index (χ0v) is 35.8. The van der Waals surface area contributed by atoms with Crippen LogP contribution in [0.1, 0.15) is 168 Å². The molecule has 54 heavy (non-hydrogen) atoms. The van der Waals surface area contributed by atoms with Gasteiger partial charge in [-0.2, -0.15) is 0 Å². The first-order valence-corrected chi connectivity index (χ1v) is 21.4. The summed E-state index contributed by atoms with van der Waals surface area (Å²) in [6.45, 7) is 22.2. The Bertz CT molecular complexity index is 1250. The predicted molar refractivity (Wildman–Crippen MR) is 229 cm³/mol. The monoisotopic (exact) mass is 745 g/mol. The minimum absolute atomic E-state index is 0.0987. The Morgan fingerprint density at radius 3 is 1.06 bits per heavy atom. The van der Waals surface area contributed by atoms with Crippen LogP contribution in [0.2, 0.25) is 0 Å². The molecule has 2 aromatic rings. The molecule has 2 rings (SSSR count). The highest BCUT2D eigenvalue weighted by Crippen LogP contribution is 2.19. The van der Waals surface area contributed by atoms with E-state index in [1.807, 2.05) is 40.1 Å². The largest absolute Gasteiger partial charge is 0.464 e. The fourth-order valence-electron chi connectivity index (χ4n) is 6.55. The number of rotatable bonds is 27. The molecule has 6 nitrogen and oxygen atoms in total. The van der Waals surface area contributed by atoms with Gasteiger partial charge < -0.3 is 9.47 Å². The van der Waals surface area contributed by atoms with E-state index in [0.717, 1.165) is 38.5 Å². The lowest BCUT2D eigenvalue weighted by atomic mass is 9.97. The zero-order valence-electron chi connectivity index (χ0n) is 35.8. The third-order valence-corrected chi connectivity index (χ3v) is 10.2. The van der Waals surface area contributed by atoms with Crippen LogP contribution in [0.5, 0.6) is 0 Å². The number of hydrogen-bond donors (Lipinski definition) is 0. The molecular formula is C48H76N2O4.